The molecule has 9 heavy (non-hydrogen) atoms. The molecule has 0 aliphatic carbocycles. The van der Waals surface area contributed by atoms with Crippen molar-refractivity contribution < 1.29 is 9.90 Å². The Labute approximate surface area is 54.0 Å². The van der Waals surface area contributed by atoms with Crippen LogP contribution in [0.25, 0.3) is 0 Å². The minimum atomic E-state index is -0.545. The minimum Gasteiger partial charge on any atom is -0.396 e. The van der Waals surface area contributed by atoms with Crippen LogP contribution in [0.1, 0.15) is 13.3 Å². The van der Waals surface area contributed by atoms with Crippen molar-refractivity contribution >= 4 is 6.03 Å². The molecule has 0 unspecified atom stereocenters. The van der Waals surface area contributed by atoms with Crippen molar-refractivity contribution in [3.63, 3.8) is 0 Å². The lowest BCUT2D eigenvalue weighted by molar-refractivity contribution is 0.238. The average molecular weight is 132 g/mol. The fourth-order valence-corrected chi connectivity index (χ4v) is 0.509. The summed E-state index contributed by atoms with van der Waals surface area (Å²) >= 11 is 0. The maximum absolute atomic E-state index is 10.1. The van der Waals surface area contributed by atoms with E-state index in [1.165, 1.54) is 0 Å². The number of aliphatic hydroxyl groups is 1. The quantitative estimate of drug-likeness (QED) is 0.480. The summed E-state index contributed by atoms with van der Waals surface area (Å²) in [5.41, 5.74) is 4.79. The van der Waals surface area contributed by atoms with Crippen LogP contribution >= 0.6 is 0 Å². The molecule has 1 atom stereocenters. The molecule has 0 aromatic carbocycles. The number of rotatable bonds is 3. The summed E-state index contributed by atoms with van der Waals surface area (Å²) in [6, 6.07) is -0.580. The topological polar surface area (TPSA) is 75.3 Å². The van der Waals surface area contributed by atoms with Crippen molar-refractivity contribution in [2.45, 2.75) is 19.4 Å². The van der Waals surface area contributed by atoms with E-state index in [2.05, 4.69) is 5.32 Å². The van der Waals surface area contributed by atoms with Crippen LogP contribution < -0.4 is 11.1 Å². The van der Waals surface area contributed by atoms with E-state index in [-0.39, 0.29) is 12.6 Å². The summed E-state index contributed by atoms with van der Waals surface area (Å²) in [5.74, 6) is 0. The Morgan fingerprint density at radius 2 is 2.44 bits per heavy atom. The fourth-order valence-electron chi connectivity index (χ4n) is 0.509. The molecule has 0 fully saturated rings. The van der Waals surface area contributed by atoms with Gasteiger partial charge in [-0.15, -0.1) is 0 Å². The second-order valence-electron chi connectivity index (χ2n) is 1.92. The van der Waals surface area contributed by atoms with Gasteiger partial charge in [-0.05, 0) is 13.3 Å². The highest BCUT2D eigenvalue weighted by Crippen LogP contribution is 1.85. The Bertz CT molecular complexity index is 95.0. The maximum Gasteiger partial charge on any atom is 0.312 e. The molecule has 4 N–H and O–H groups in total. The molecule has 0 aliphatic heterocycles. The Morgan fingerprint density at radius 1 is 1.89 bits per heavy atom. The van der Waals surface area contributed by atoms with Crippen molar-refractivity contribution in [2.75, 3.05) is 6.61 Å². The van der Waals surface area contributed by atoms with Crippen LogP contribution in [0.15, 0.2) is 0 Å². The maximum atomic E-state index is 10.1. The van der Waals surface area contributed by atoms with Crippen LogP contribution in [0, 0.1) is 0 Å². The van der Waals surface area contributed by atoms with Crippen molar-refractivity contribution in [2.24, 2.45) is 5.73 Å². The number of urea groups is 1. The lowest BCUT2D eigenvalue weighted by Gasteiger charge is -2.08. The molecular formula is C5H12N2O2. The second-order valence-corrected chi connectivity index (χ2v) is 1.92. The first-order valence-corrected chi connectivity index (χ1v) is 2.83. The molecule has 0 aliphatic rings. The van der Waals surface area contributed by atoms with Gasteiger partial charge in [0.05, 0.1) is 0 Å². The zero-order valence-electron chi connectivity index (χ0n) is 5.42. The van der Waals surface area contributed by atoms with Crippen molar-refractivity contribution in [3.05, 3.63) is 0 Å². The molecule has 0 saturated heterocycles. The van der Waals surface area contributed by atoms with Gasteiger partial charge >= 0.3 is 6.03 Å². The highest BCUT2D eigenvalue weighted by molar-refractivity contribution is 5.71. The van der Waals surface area contributed by atoms with Gasteiger partial charge in [0.25, 0.3) is 0 Å². The van der Waals surface area contributed by atoms with E-state index in [0.717, 1.165) is 0 Å². The lowest BCUT2D eigenvalue weighted by atomic mass is 10.2. The molecule has 54 valence electrons. The molecule has 0 spiro atoms. The number of aliphatic hydroxyl groups excluding tert-OH is 1. The monoisotopic (exact) mass is 132 g/mol. The van der Waals surface area contributed by atoms with E-state index in [1.54, 1.807) is 6.92 Å². The zero-order valence-corrected chi connectivity index (χ0v) is 5.42. The summed E-state index contributed by atoms with van der Waals surface area (Å²) < 4.78 is 0. The molecule has 0 heterocycles. The number of carbonyl (C=O) groups excluding carboxylic acids is 1. The number of primary amides is 1. The van der Waals surface area contributed by atoms with Crippen LogP contribution in [-0.4, -0.2) is 23.8 Å². The number of hydrogen-bond acceptors (Lipinski definition) is 2. The standard InChI is InChI=1S/C5H12N2O2/c1-4(2-3-8)7-5(6)9/h4,8H,2-3H2,1H3,(H3,6,7,9)/t4-/m0/s1. The Balaban J connectivity index is 3.26. The molecule has 0 saturated carbocycles. The summed E-state index contributed by atoms with van der Waals surface area (Å²) in [7, 11) is 0. The van der Waals surface area contributed by atoms with Gasteiger partial charge in [-0.25, -0.2) is 4.79 Å². The predicted octanol–water partition coefficient (Wildman–Crippen LogP) is -0.574. The molecule has 4 heteroatoms. The molecule has 0 aromatic heterocycles. The van der Waals surface area contributed by atoms with Gasteiger partial charge in [-0.2, -0.15) is 0 Å². The van der Waals surface area contributed by atoms with E-state index >= 15 is 0 Å². The number of nitrogens with two attached hydrogens (primary N) is 1. The third kappa shape index (κ3) is 5.10. The first kappa shape index (κ1) is 8.23. The van der Waals surface area contributed by atoms with E-state index in [1.807, 2.05) is 0 Å². The first-order valence-electron chi connectivity index (χ1n) is 2.83. The minimum absolute atomic E-state index is 0.0347. The Kier molecular flexibility index (Phi) is 3.79. The van der Waals surface area contributed by atoms with E-state index in [0.29, 0.717) is 6.42 Å². The summed E-state index contributed by atoms with van der Waals surface area (Å²) in [4.78, 5) is 10.1. The Hall–Kier alpha value is -0.770. The highest BCUT2D eigenvalue weighted by atomic mass is 16.3. The molecular weight excluding hydrogens is 120 g/mol. The van der Waals surface area contributed by atoms with Gasteiger partial charge in [0.1, 0.15) is 0 Å². The number of hydrogen-bond donors (Lipinski definition) is 3. The van der Waals surface area contributed by atoms with Crippen molar-refractivity contribution in [3.8, 4) is 0 Å². The number of amides is 2. The molecule has 0 bridgehead atoms. The highest BCUT2D eigenvalue weighted by Gasteiger charge is 2.00. The largest absolute Gasteiger partial charge is 0.396 e. The molecule has 4 nitrogen and oxygen atoms in total. The van der Waals surface area contributed by atoms with Crippen LogP contribution in [0.3, 0.4) is 0 Å². The van der Waals surface area contributed by atoms with Crippen LogP contribution in [0.4, 0.5) is 4.79 Å². The van der Waals surface area contributed by atoms with Crippen molar-refractivity contribution in [1.29, 1.82) is 0 Å². The van der Waals surface area contributed by atoms with Gasteiger partial charge in [0.15, 0.2) is 0 Å². The van der Waals surface area contributed by atoms with Crippen LogP contribution in [0.2, 0.25) is 0 Å². The van der Waals surface area contributed by atoms with Gasteiger partial charge < -0.3 is 16.2 Å². The fraction of sp³-hybridized carbons (Fsp3) is 0.800. The number of carbonyl (C=O) groups is 1. The zero-order chi connectivity index (χ0) is 7.28. The normalized spacial score (nSPS) is 12.7. The van der Waals surface area contributed by atoms with Gasteiger partial charge in [0.2, 0.25) is 0 Å². The lowest BCUT2D eigenvalue weighted by Crippen LogP contribution is -2.37. The van der Waals surface area contributed by atoms with E-state index in [9.17, 15) is 4.79 Å². The third-order valence-electron chi connectivity index (χ3n) is 0.951. The smallest absolute Gasteiger partial charge is 0.312 e. The summed E-state index contributed by atoms with van der Waals surface area (Å²) in [5, 5.41) is 10.8. The molecule has 0 aromatic rings. The van der Waals surface area contributed by atoms with Crippen LogP contribution in [-0.2, 0) is 0 Å². The average Bonchev–Trinajstić information content (AvgIpc) is 1.63. The molecule has 0 radical (unpaired) electrons. The van der Waals surface area contributed by atoms with Gasteiger partial charge in [-0.1, -0.05) is 0 Å². The first-order chi connectivity index (χ1) is 4.16. The van der Waals surface area contributed by atoms with E-state index in [4.69, 9.17) is 10.8 Å². The van der Waals surface area contributed by atoms with Gasteiger partial charge in [-0.3, -0.25) is 0 Å². The Morgan fingerprint density at radius 3 is 2.78 bits per heavy atom. The van der Waals surface area contributed by atoms with E-state index < -0.39 is 6.03 Å². The summed E-state index contributed by atoms with van der Waals surface area (Å²) in [6.45, 7) is 1.85. The molecule has 2 amide bonds. The third-order valence-corrected chi connectivity index (χ3v) is 0.951. The predicted molar refractivity (Wildman–Crippen MR) is 33.9 cm³/mol. The SMILES string of the molecule is C[C@@H](CCO)NC(N)=O. The van der Waals surface area contributed by atoms with Crippen molar-refractivity contribution in [1.82, 2.24) is 5.32 Å². The molecule has 0 rings (SSSR count). The number of nitrogens with one attached hydrogen (secondary N) is 1. The summed E-state index contributed by atoms with van der Waals surface area (Å²) in [6.07, 6.45) is 0.545. The van der Waals surface area contributed by atoms with Gasteiger partial charge in [0, 0.05) is 12.6 Å². The van der Waals surface area contributed by atoms with Crippen LogP contribution in [0.5, 0.6) is 0 Å². The second kappa shape index (κ2) is 4.14.